The van der Waals surface area contributed by atoms with Crippen molar-refractivity contribution in [2.45, 2.75) is 0 Å². The molecule has 3 aromatic rings. The Morgan fingerprint density at radius 1 is 0.962 bits per heavy atom. The van der Waals surface area contributed by atoms with Crippen molar-refractivity contribution < 1.29 is 9.90 Å². The molecule has 2 N–H and O–H groups in total. The van der Waals surface area contributed by atoms with Crippen molar-refractivity contribution in [3.63, 3.8) is 0 Å². The van der Waals surface area contributed by atoms with Gasteiger partial charge in [-0.15, -0.1) is 0 Å². The van der Waals surface area contributed by atoms with Gasteiger partial charge < -0.3 is 5.11 Å². The molecule has 0 unspecified atom stereocenters. The van der Waals surface area contributed by atoms with Crippen LogP contribution in [0.5, 0.6) is 0 Å². The molecule has 26 heavy (non-hydrogen) atoms. The molecule has 0 saturated carbocycles. The van der Waals surface area contributed by atoms with Gasteiger partial charge >= 0.3 is 5.97 Å². The molecule has 128 valence electrons. The van der Waals surface area contributed by atoms with Crippen LogP contribution in [0.4, 0.5) is 5.82 Å². The van der Waals surface area contributed by atoms with E-state index in [1.807, 2.05) is 30.3 Å². The number of hydrazone groups is 1. The Kier molecular flexibility index (Phi) is 5.41. The van der Waals surface area contributed by atoms with Gasteiger partial charge in [0.1, 0.15) is 5.69 Å². The van der Waals surface area contributed by atoms with E-state index in [9.17, 15) is 4.79 Å². The molecule has 2 aromatic heterocycles. The van der Waals surface area contributed by atoms with Crippen LogP contribution < -0.4 is 5.43 Å². The van der Waals surface area contributed by atoms with E-state index in [0.717, 1.165) is 5.56 Å². The maximum atomic E-state index is 10.9. The van der Waals surface area contributed by atoms with Crippen LogP contribution in [0.2, 0.25) is 0 Å². The largest absolute Gasteiger partial charge is 0.478 e. The van der Waals surface area contributed by atoms with E-state index < -0.39 is 5.97 Å². The highest BCUT2D eigenvalue weighted by atomic mass is 16.4. The molecule has 0 radical (unpaired) electrons. The van der Waals surface area contributed by atoms with Crippen molar-refractivity contribution in [3.05, 3.63) is 89.9 Å². The zero-order valence-corrected chi connectivity index (χ0v) is 13.6. The first-order valence-electron chi connectivity index (χ1n) is 7.76. The fourth-order valence-corrected chi connectivity index (χ4v) is 2.06. The summed E-state index contributed by atoms with van der Waals surface area (Å²) >= 11 is 0. The van der Waals surface area contributed by atoms with Crippen LogP contribution in [0, 0.1) is 0 Å². The lowest BCUT2D eigenvalue weighted by Crippen LogP contribution is -2.20. The SMILES string of the molecule is O=C(O)c1ccc(/C=N\NC(=Nc2ccccn2)c2ccccn2)cc1. The Bertz CT molecular complexity index is 923. The van der Waals surface area contributed by atoms with Crippen molar-refractivity contribution >= 4 is 23.8 Å². The topological polar surface area (TPSA) is 99.8 Å². The van der Waals surface area contributed by atoms with Crippen LogP contribution in [0.1, 0.15) is 21.6 Å². The smallest absolute Gasteiger partial charge is 0.335 e. The third-order valence-electron chi connectivity index (χ3n) is 3.32. The standard InChI is InChI=1S/C19H15N5O2/c25-19(26)15-9-7-14(8-10-15)13-22-24-18(16-5-1-3-11-20-16)23-17-6-2-4-12-21-17/h1-13H,(H,25,26)(H,21,23,24)/b22-13-. The second kappa shape index (κ2) is 8.29. The fraction of sp³-hybridized carbons (Fsp3) is 0. The van der Waals surface area contributed by atoms with Gasteiger partial charge in [0.2, 0.25) is 0 Å². The number of hydrogen-bond acceptors (Lipinski definition) is 5. The zero-order valence-electron chi connectivity index (χ0n) is 13.6. The Hall–Kier alpha value is -3.87. The number of nitrogens with one attached hydrogen (secondary N) is 1. The Morgan fingerprint density at radius 3 is 2.31 bits per heavy atom. The van der Waals surface area contributed by atoms with Crippen LogP contribution >= 0.6 is 0 Å². The van der Waals surface area contributed by atoms with Gasteiger partial charge in [-0.3, -0.25) is 10.4 Å². The molecule has 0 saturated heterocycles. The number of rotatable bonds is 5. The van der Waals surface area contributed by atoms with E-state index in [4.69, 9.17) is 5.11 Å². The molecule has 0 aliphatic rings. The van der Waals surface area contributed by atoms with Crippen molar-refractivity contribution in [3.8, 4) is 0 Å². The van der Waals surface area contributed by atoms with Crippen LogP contribution in [-0.4, -0.2) is 33.1 Å². The molecule has 1 aromatic carbocycles. The lowest BCUT2D eigenvalue weighted by molar-refractivity contribution is 0.0697. The predicted octanol–water partition coefficient (Wildman–Crippen LogP) is 2.88. The summed E-state index contributed by atoms with van der Waals surface area (Å²) in [7, 11) is 0. The number of carboxylic acids is 1. The number of pyridine rings is 2. The number of hydrogen-bond donors (Lipinski definition) is 2. The highest BCUT2D eigenvalue weighted by molar-refractivity contribution is 5.99. The van der Waals surface area contributed by atoms with Gasteiger partial charge in [-0.25, -0.2) is 14.8 Å². The second-order valence-corrected chi connectivity index (χ2v) is 5.16. The average Bonchev–Trinajstić information content (AvgIpc) is 2.69. The molecule has 3 rings (SSSR count). The minimum atomic E-state index is -0.966. The molecule has 7 nitrogen and oxygen atoms in total. The molecular formula is C19H15N5O2. The van der Waals surface area contributed by atoms with Crippen LogP contribution in [0.25, 0.3) is 0 Å². The molecule has 7 heteroatoms. The number of carbonyl (C=O) groups is 1. The number of aromatic nitrogens is 2. The van der Waals surface area contributed by atoms with E-state index in [1.165, 1.54) is 12.1 Å². The van der Waals surface area contributed by atoms with E-state index in [2.05, 4.69) is 25.5 Å². The number of benzene rings is 1. The van der Waals surface area contributed by atoms with Gasteiger partial charge in [-0.05, 0) is 42.0 Å². The summed E-state index contributed by atoms with van der Waals surface area (Å²) < 4.78 is 0. The monoisotopic (exact) mass is 345 g/mol. The molecule has 0 aliphatic carbocycles. The minimum absolute atomic E-state index is 0.223. The third kappa shape index (κ3) is 4.57. The first-order valence-corrected chi connectivity index (χ1v) is 7.76. The van der Waals surface area contributed by atoms with Crippen molar-refractivity contribution in [1.29, 1.82) is 0 Å². The third-order valence-corrected chi connectivity index (χ3v) is 3.32. The van der Waals surface area contributed by atoms with Crippen molar-refractivity contribution in [1.82, 2.24) is 15.4 Å². The number of aromatic carboxylic acids is 1. The van der Waals surface area contributed by atoms with Gasteiger partial charge in [0.05, 0.1) is 11.8 Å². The van der Waals surface area contributed by atoms with Crippen molar-refractivity contribution in [2.75, 3.05) is 0 Å². The molecule has 0 spiro atoms. The highest BCUT2D eigenvalue weighted by Crippen LogP contribution is 2.08. The fourth-order valence-electron chi connectivity index (χ4n) is 2.06. The van der Waals surface area contributed by atoms with E-state index >= 15 is 0 Å². The summed E-state index contributed by atoms with van der Waals surface area (Å²) in [5.74, 6) is 0.0101. The summed E-state index contributed by atoms with van der Waals surface area (Å²) in [5.41, 5.74) is 4.47. The lowest BCUT2D eigenvalue weighted by atomic mass is 10.1. The normalized spacial score (nSPS) is 11.5. The average molecular weight is 345 g/mol. The number of aliphatic imine (C=N–C) groups is 1. The predicted molar refractivity (Wildman–Crippen MR) is 98.8 cm³/mol. The second-order valence-electron chi connectivity index (χ2n) is 5.16. The van der Waals surface area contributed by atoms with Gasteiger partial charge in [0, 0.05) is 12.4 Å². The first-order chi connectivity index (χ1) is 12.7. The molecule has 0 amide bonds. The van der Waals surface area contributed by atoms with E-state index in [-0.39, 0.29) is 5.56 Å². The maximum Gasteiger partial charge on any atom is 0.335 e. The van der Waals surface area contributed by atoms with Crippen molar-refractivity contribution in [2.24, 2.45) is 10.1 Å². The summed E-state index contributed by atoms with van der Waals surface area (Å²) in [5, 5.41) is 13.1. The summed E-state index contributed by atoms with van der Waals surface area (Å²) in [4.78, 5) is 23.8. The van der Waals surface area contributed by atoms with Gasteiger partial charge in [-0.2, -0.15) is 5.10 Å². The van der Waals surface area contributed by atoms with Gasteiger partial charge in [0.25, 0.3) is 0 Å². The molecule has 0 fully saturated rings. The van der Waals surface area contributed by atoms with Crippen LogP contribution in [-0.2, 0) is 0 Å². The van der Waals surface area contributed by atoms with E-state index in [1.54, 1.807) is 36.8 Å². The van der Waals surface area contributed by atoms with Crippen LogP contribution in [0.15, 0.2) is 83.2 Å². The minimum Gasteiger partial charge on any atom is -0.478 e. The maximum absolute atomic E-state index is 10.9. The first kappa shape index (κ1) is 17.0. The molecular weight excluding hydrogens is 330 g/mol. The Morgan fingerprint density at radius 2 is 1.69 bits per heavy atom. The highest BCUT2D eigenvalue weighted by Gasteiger charge is 2.04. The number of nitrogens with zero attached hydrogens (tertiary/aromatic N) is 4. The summed E-state index contributed by atoms with van der Waals surface area (Å²) in [6.45, 7) is 0. The quantitative estimate of drug-likeness (QED) is 0.421. The van der Waals surface area contributed by atoms with Gasteiger partial charge in [-0.1, -0.05) is 24.3 Å². The zero-order chi connectivity index (χ0) is 18.2. The Labute approximate surface area is 149 Å². The number of carboxylic acid groups (broad SMARTS) is 1. The summed E-state index contributed by atoms with van der Waals surface area (Å²) in [6, 6.07) is 17.3. The Balaban J connectivity index is 1.80. The number of amidine groups is 1. The summed E-state index contributed by atoms with van der Waals surface area (Å²) in [6.07, 6.45) is 4.89. The molecule has 0 atom stereocenters. The molecule has 0 bridgehead atoms. The van der Waals surface area contributed by atoms with E-state index in [0.29, 0.717) is 17.3 Å². The molecule has 2 heterocycles. The van der Waals surface area contributed by atoms with Crippen LogP contribution in [0.3, 0.4) is 0 Å². The van der Waals surface area contributed by atoms with Gasteiger partial charge in [0.15, 0.2) is 11.7 Å². The molecule has 0 aliphatic heterocycles. The lowest BCUT2D eigenvalue weighted by Gasteiger charge is -2.05.